The van der Waals surface area contributed by atoms with E-state index in [0.717, 1.165) is 45.1 Å². The van der Waals surface area contributed by atoms with Gasteiger partial charge in [-0.3, -0.25) is 9.69 Å². The second kappa shape index (κ2) is 12.1. The molecular weight excluding hydrogens is 496 g/mol. The van der Waals surface area contributed by atoms with E-state index in [9.17, 15) is 4.79 Å². The Hall–Kier alpha value is -4.15. The van der Waals surface area contributed by atoms with E-state index >= 15 is 0 Å². The number of methoxy groups -OCH3 is 1. The number of likely N-dealkylation sites (N-methyl/N-ethyl adjacent to an activating group) is 1. The van der Waals surface area contributed by atoms with Crippen molar-refractivity contribution < 1.29 is 19.0 Å². The van der Waals surface area contributed by atoms with E-state index in [2.05, 4.69) is 63.3 Å². The van der Waals surface area contributed by atoms with Crippen LogP contribution in [0.2, 0.25) is 0 Å². The van der Waals surface area contributed by atoms with Crippen LogP contribution in [-0.2, 0) is 9.53 Å². The molecule has 204 valence electrons. The van der Waals surface area contributed by atoms with Gasteiger partial charge >= 0.3 is 0 Å². The number of nitrogens with one attached hydrogen (secondary N) is 2. The summed E-state index contributed by atoms with van der Waals surface area (Å²) in [6.45, 7) is 8.81. The second-order valence-corrected chi connectivity index (χ2v) is 9.47. The van der Waals surface area contributed by atoms with Crippen LogP contribution in [0.5, 0.6) is 11.5 Å². The molecule has 10 heteroatoms. The number of nitrogens with zero attached hydrogens (tertiary/aromatic N) is 4. The third-order valence-electron chi connectivity index (χ3n) is 6.97. The lowest BCUT2D eigenvalue weighted by atomic mass is 9.98. The van der Waals surface area contributed by atoms with E-state index in [1.165, 1.54) is 17.3 Å². The number of benzene rings is 2. The summed E-state index contributed by atoms with van der Waals surface area (Å²) in [5.41, 5.74) is 4.47. The molecule has 1 unspecified atom stereocenters. The first-order valence-corrected chi connectivity index (χ1v) is 13.0. The molecule has 0 bridgehead atoms. The number of rotatable bonds is 10. The van der Waals surface area contributed by atoms with Crippen molar-refractivity contribution in [2.75, 3.05) is 75.7 Å². The maximum Gasteiger partial charge on any atom is 0.247 e. The van der Waals surface area contributed by atoms with Crippen LogP contribution in [0, 0.1) is 0 Å². The zero-order valence-corrected chi connectivity index (χ0v) is 22.4. The summed E-state index contributed by atoms with van der Waals surface area (Å²) in [5.74, 6) is 1.27. The highest BCUT2D eigenvalue weighted by molar-refractivity contribution is 6.00. The first-order valence-electron chi connectivity index (χ1n) is 13.0. The average Bonchev–Trinajstić information content (AvgIpc) is 3.31. The number of anilines is 4. The highest BCUT2D eigenvalue weighted by Gasteiger charge is 2.28. The lowest BCUT2D eigenvalue weighted by molar-refractivity contribution is -0.111. The van der Waals surface area contributed by atoms with Gasteiger partial charge in [-0.25, -0.2) is 9.97 Å². The minimum atomic E-state index is -0.341. The Morgan fingerprint density at radius 1 is 1.18 bits per heavy atom. The number of carbonyl (C=O) groups excluding carboxylic acids is 1. The van der Waals surface area contributed by atoms with E-state index in [0.29, 0.717) is 35.4 Å². The number of amides is 1. The highest BCUT2D eigenvalue weighted by atomic mass is 16.5. The number of carbonyl (C=O) groups is 1. The monoisotopic (exact) mass is 530 g/mol. The van der Waals surface area contributed by atoms with Crippen LogP contribution < -0.4 is 25.0 Å². The maximum atomic E-state index is 12.2. The van der Waals surface area contributed by atoms with Crippen LogP contribution in [0.15, 0.2) is 61.3 Å². The maximum absolute atomic E-state index is 12.2. The van der Waals surface area contributed by atoms with Crippen LogP contribution in [-0.4, -0.2) is 80.9 Å². The zero-order valence-electron chi connectivity index (χ0n) is 22.4. The molecule has 1 amide bonds. The number of hydrogen-bond acceptors (Lipinski definition) is 9. The SMILES string of the molecule is C=CC(=O)Nc1cc(Nc2nccc(C3CN(C)c4ccccc43)n2)c(OC)cc1OCCN1CCOCC1. The Bertz CT molecular complexity index is 1330. The van der Waals surface area contributed by atoms with Crippen molar-refractivity contribution in [3.63, 3.8) is 0 Å². The molecular formula is C29H34N6O4. The lowest BCUT2D eigenvalue weighted by Crippen LogP contribution is -2.38. The highest BCUT2D eigenvalue weighted by Crippen LogP contribution is 2.40. The first-order chi connectivity index (χ1) is 19.1. The van der Waals surface area contributed by atoms with Gasteiger partial charge < -0.3 is 29.7 Å². The van der Waals surface area contributed by atoms with Gasteiger partial charge in [0.15, 0.2) is 0 Å². The molecule has 0 radical (unpaired) electrons. The zero-order chi connectivity index (χ0) is 27.2. The van der Waals surface area contributed by atoms with E-state index in [1.807, 2.05) is 6.07 Å². The van der Waals surface area contributed by atoms with E-state index < -0.39 is 0 Å². The third kappa shape index (κ3) is 6.13. The Balaban J connectivity index is 1.37. The largest absolute Gasteiger partial charge is 0.494 e. The fourth-order valence-electron chi connectivity index (χ4n) is 4.94. The van der Waals surface area contributed by atoms with Gasteiger partial charge in [0, 0.05) is 57.1 Å². The van der Waals surface area contributed by atoms with Crippen LogP contribution in [0.3, 0.4) is 0 Å². The third-order valence-corrected chi connectivity index (χ3v) is 6.97. The summed E-state index contributed by atoms with van der Waals surface area (Å²) in [5, 5.41) is 6.11. The van der Waals surface area contributed by atoms with Crippen LogP contribution in [0.1, 0.15) is 17.2 Å². The first kappa shape index (κ1) is 26.5. The molecule has 2 aliphatic rings. The van der Waals surface area contributed by atoms with Gasteiger partial charge in [-0.15, -0.1) is 0 Å². The smallest absolute Gasteiger partial charge is 0.247 e. The number of morpholine rings is 1. The second-order valence-electron chi connectivity index (χ2n) is 9.47. The van der Waals surface area contributed by atoms with Gasteiger partial charge in [0.05, 0.1) is 37.4 Å². The molecule has 0 aliphatic carbocycles. The van der Waals surface area contributed by atoms with Crippen molar-refractivity contribution in [2.24, 2.45) is 0 Å². The molecule has 0 spiro atoms. The standard InChI is InChI=1S/C29H34N6O4/c1-4-28(36)31-24-17-23(26(37-3)18-27(24)39-16-13-35-11-14-38-15-12-35)33-29-30-10-9-22(32-29)21-19-34(2)25-8-6-5-7-20(21)25/h4-10,17-18,21H,1,11-16,19H2,2-3H3,(H,31,36)(H,30,32,33). The molecule has 0 saturated carbocycles. The average molecular weight is 531 g/mol. The predicted molar refractivity (Wildman–Crippen MR) is 151 cm³/mol. The number of ether oxygens (including phenoxy) is 3. The summed E-state index contributed by atoms with van der Waals surface area (Å²) in [6, 6.07) is 13.9. The summed E-state index contributed by atoms with van der Waals surface area (Å²) < 4.78 is 17.2. The normalized spacial score (nSPS) is 16.9. The number of aromatic nitrogens is 2. The number of hydrogen-bond donors (Lipinski definition) is 2. The molecule has 1 atom stereocenters. The van der Waals surface area contributed by atoms with Gasteiger partial charge in [-0.1, -0.05) is 24.8 Å². The fourth-order valence-corrected chi connectivity index (χ4v) is 4.94. The summed E-state index contributed by atoms with van der Waals surface area (Å²) in [6.07, 6.45) is 2.97. The molecule has 1 saturated heterocycles. The minimum Gasteiger partial charge on any atom is -0.494 e. The number of para-hydroxylation sites is 1. The van der Waals surface area contributed by atoms with Gasteiger partial charge in [0.25, 0.3) is 0 Å². The van der Waals surface area contributed by atoms with E-state index in [-0.39, 0.29) is 11.8 Å². The molecule has 2 N–H and O–H groups in total. The molecule has 3 aromatic rings. The van der Waals surface area contributed by atoms with E-state index in [1.54, 1.807) is 25.4 Å². The van der Waals surface area contributed by atoms with Crippen molar-refractivity contribution in [2.45, 2.75) is 5.92 Å². The van der Waals surface area contributed by atoms with Gasteiger partial charge in [0.1, 0.15) is 18.1 Å². The van der Waals surface area contributed by atoms with Crippen LogP contribution >= 0.6 is 0 Å². The Kier molecular flexibility index (Phi) is 8.24. The Morgan fingerprint density at radius 3 is 2.79 bits per heavy atom. The molecule has 5 rings (SSSR count). The minimum absolute atomic E-state index is 0.140. The topological polar surface area (TPSA) is 101 Å². The van der Waals surface area contributed by atoms with Crippen molar-refractivity contribution in [3.8, 4) is 11.5 Å². The molecule has 2 aliphatic heterocycles. The number of fused-ring (bicyclic) bond motifs is 1. The summed E-state index contributed by atoms with van der Waals surface area (Å²) in [7, 11) is 3.68. The summed E-state index contributed by atoms with van der Waals surface area (Å²) in [4.78, 5) is 26.0. The molecule has 39 heavy (non-hydrogen) atoms. The van der Waals surface area contributed by atoms with Gasteiger partial charge in [-0.05, 0) is 29.8 Å². The quantitative estimate of drug-likeness (QED) is 0.381. The molecule has 2 aromatic carbocycles. The summed E-state index contributed by atoms with van der Waals surface area (Å²) >= 11 is 0. The molecule has 1 aromatic heterocycles. The van der Waals surface area contributed by atoms with Gasteiger partial charge in [0.2, 0.25) is 11.9 Å². The Labute approximate surface area is 228 Å². The van der Waals surface area contributed by atoms with Crippen molar-refractivity contribution in [1.82, 2.24) is 14.9 Å². The molecule has 1 fully saturated rings. The van der Waals surface area contributed by atoms with Gasteiger partial charge in [-0.2, -0.15) is 0 Å². The van der Waals surface area contributed by atoms with Crippen LogP contribution in [0.25, 0.3) is 0 Å². The van der Waals surface area contributed by atoms with Crippen LogP contribution in [0.4, 0.5) is 23.0 Å². The predicted octanol–water partition coefficient (Wildman–Crippen LogP) is 3.65. The van der Waals surface area contributed by atoms with Crippen molar-refractivity contribution in [1.29, 1.82) is 0 Å². The van der Waals surface area contributed by atoms with E-state index in [4.69, 9.17) is 19.2 Å². The Morgan fingerprint density at radius 2 is 2.00 bits per heavy atom. The molecule has 10 nitrogen and oxygen atoms in total. The lowest BCUT2D eigenvalue weighted by Gasteiger charge is -2.26. The fraction of sp³-hybridized carbons (Fsp3) is 0.345. The van der Waals surface area contributed by atoms with Crippen molar-refractivity contribution >= 4 is 28.9 Å². The molecule has 3 heterocycles. The van der Waals surface area contributed by atoms with Crippen molar-refractivity contribution in [3.05, 3.63) is 72.6 Å².